The lowest BCUT2D eigenvalue weighted by molar-refractivity contribution is -0.147. The topological polar surface area (TPSA) is 27.7 Å². The summed E-state index contributed by atoms with van der Waals surface area (Å²) < 4.78 is 15.6. The first-order valence-corrected chi connectivity index (χ1v) is 4.20. The molecule has 0 aliphatic carbocycles. The van der Waals surface area contributed by atoms with Crippen LogP contribution in [0.4, 0.5) is 0 Å². The van der Waals surface area contributed by atoms with Gasteiger partial charge < -0.3 is 14.2 Å². The monoisotopic (exact) mass is 174 g/mol. The van der Waals surface area contributed by atoms with Crippen molar-refractivity contribution in [2.75, 3.05) is 13.2 Å². The zero-order chi connectivity index (χ0) is 9.40. The van der Waals surface area contributed by atoms with Gasteiger partial charge in [-0.2, -0.15) is 0 Å². The third kappa shape index (κ3) is 6.19. The first-order valence-electron chi connectivity index (χ1n) is 4.20. The summed E-state index contributed by atoms with van der Waals surface area (Å²) in [6.07, 6.45) is 1.24. The molecule has 1 unspecified atom stereocenters. The predicted octanol–water partition coefficient (Wildman–Crippen LogP) is 1.93. The summed E-state index contributed by atoms with van der Waals surface area (Å²) in [7, 11) is 0. The molecule has 0 aromatic carbocycles. The van der Waals surface area contributed by atoms with Gasteiger partial charge in [0.2, 0.25) is 6.29 Å². The molecule has 0 saturated heterocycles. The van der Waals surface area contributed by atoms with E-state index in [1.165, 1.54) is 6.26 Å². The average molecular weight is 174 g/mol. The van der Waals surface area contributed by atoms with Crippen LogP contribution in [0.2, 0.25) is 0 Å². The summed E-state index contributed by atoms with van der Waals surface area (Å²) in [6.45, 7) is 10.4. The molecule has 0 rings (SSSR count). The Morgan fingerprint density at radius 3 is 2.42 bits per heavy atom. The molecule has 0 bridgehead atoms. The van der Waals surface area contributed by atoms with Crippen molar-refractivity contribution in [1.29, 1.82) is 0 Å². The van der Waals surface area contributed by atoms with Crippen LogP contribution in [0.3, 0.4) is 0 Å². The highest BCUT2D eigenvalue weighted by Crippen LogP contribution is 1.98. The standard InChI is InChI=1S/C9H18O3/c1-5-10-9(11-6-2)7-12-8(3)4/h5,8-9H,1,6-7H2,2-4H3. The van der Waals surface area contributed by atoms with Crippen molar-refractivity contribution in [2.45, 2.75) is 33.2 Å². The van der Waals surface area contributed by atoms with Crippen molar-refractivity contribution >= 4 is 0 Å². The molecule has 0 amide bonds. The number of rotatable bonds is 7. The van der Waals surface area contributed by atoms with Crippen molar-refractivity contribution in [3.8, 4) is 0 Å². The van der Waals surface area contributed by atoms with E-state index >= 15 is 0 Å². The van der Waals surface area contributed by atoms with Gasteiger partial charge >= 0.3 is 0 Å². The summed E-state index contributed by atoms with van der Waals surface area (Å²) >= 11 is 0. The maximum atomic E-state index is 5.31. The molecular weight excluding hydrogens is 156 g/mol. The van der Waals surface area contributed by atoms with E-state index in [2.05, 4.69) is 6.58 Å². The average Bonchev–Trinajstić information content (AvgIpc) is 2.01. The highest BCUT2D eigenvalue weighted by molar-refractivity contribution is 4.53. The van der Waals surface area contributed by atoms with Gasteiger partial charge in [0.1, 0.15) is 6.61 Å². The smallest absolute Gasteiger partial charge is 0.222 e. The van der Waals surface area contributed by atoms with Crippen LogP contribution in [0.5, 0.6) is 0 Å². The Morgan fingerprint density at radius 1 is 1.33 bits per heavy atom. The van der Waals surface area contributed by atoms with E-state index in [0.29, 0.717) is 13.2 Å². The maximum Gasteiger partial charge on any atom is 0.222 e. The molecule has 1 atom stereocenters. The maximum absolute atomic E-state index is 5.31. The molecule has 0 spiro atoms. The van der Waals surface area contributed by atoms with Crippen LogP contribution in [0.25, 0.3) is 0 Å². The molecule has 0 radical (unpaired) electrons. The summed E-state index contributed by atoms with van der Waals surface area (Å²) in [5.41, 5.74) is 0. The molecule has 3 heteroatoms. The first kappa shape index (κ1) is 11.5. The van der Waals surface area contributed by atoms with E-state index in [0.717, 1.165) is 0 Å². The number of ether oxygens (including phenoxy) is 3. The zero-order valence-corrected chi connectivity index (χ0v) is 8.08. The molecule has 0 fully saturated rings. The Bertz CT molecular complexity index is 112. The van der Waals surface area contributed by atoms with Gasteiger partial charge in [0, 0.05) is 6.61 Å². The molecule has 0 heterocycles. The molecular formula is C9H18O3. The van der Waals surface area contributed by atoms with Crippen LogP contribution in [0.15, 0.2) is 12.8 Å². The van der Waals surface area contributed by atoms with Gasteiger partial charge in [0.25, 0.3) is 0 Å². The molecule has 0 aliphatic rings. The summed E-state index contributed by atoms with van der Waals surface area (Å²) in [6, 6.07) is 0. The Kier molecular flexibility index (Phi) is 6.81. The van der Waals surface area contributed by atoms with Crippen LogP contribution in [0, 0.1) is 0 Å². The summed E-state index contributed by atoms with van der Waals surface area (Å²) in [5, 5.41) is 0. The molecule has 12 heavy (non-hydrogen) atoms. The van der Waals surface area contributed by atoms with Gasteiger partial charge in [-0.05, 0) is 20.8 Å². The van der Waals surface area contributed by atoms with Gasteiger partial charge in [0.15, 0.2) is 0 Å². The van der Waals surface area contributed by atoms with Crippen LogP contribution in [-0.4, -0.2) is 25.6 Å². The minimum atomic E-state index is -0.324. The minimum absolute atomic E-state index is 0.196. The highest BCUT2D eigenvalue weighted by atomic mass is 16.7. The van der Waals surface area contributed by atoms with Crippen LogP contribution < -0.4 is 0 Å². The van der Waals surface area contributed by atoms with Gasteiger partial charge in [-0.3, -0.25) is 0 Å². The highest BCUT2D eigenvalue weighted by Gasteiger charge is 2.07. The number of hydrogen-bond acceptors (Lipinski definition) is 3. The molecule has 72 valence electrons. The third-order valence-electron chi connectivity index (χ3n) is 1.17. The summed E-state index contributed by atoms with van der Waals surface area (Å²) in [4.78, 5) is 0. The Balaban J connectivity index is 3.54. The molecule has 3 nitrogen and oxygen atoms in total. The van der Waals surface area contributed by atoms with Crippen LogP contribution >= 0.6 is 0 Å². The zero-order valence-electron chi connectivity index (χ0n) is 8.08. The van der Waals surface area contributed by atoms with Crippen molar-refractivity contribution in [2.24, 2.45) is 0 Å². The molecule has 0 saturated carbocycles. The first-order chi connectivity index (χ1) is 5.70. The quantitative estimate of drug-likeness (QED) is 0.436. The van der Waals surface area contributed by atoms with Crippen molar-refractivity contribution in [1.82, 2.24) is 0 Å². The van der Waals surface area contributed by atoms with Crippen molar-refractivity contribution in [3.05, 3.63) is 12.8 Å². The van der Waals surface area contributed by atoms with E-state index in [9.17, 15) is 0 Å². The van der Waals surface area contributed by atoms with Crippen molar-refractivity contribution < 1.29 is 14.2 Å². The molecule has 0 aliphatic heterocycles. The van der Waals surface area contributed by atoms with E-state index in [-0.39, 0.29) is 12.4 Å². The van der Waals surface area contributed by atoms with Gasteiger partial charge in [0.05, 0.1) is 12.4 Å². The second-order valence-corrected chi connectivity index (χ2v) is 2.57. The lowest BCUT2D eigenvalue weighted by atomic mass is 10.5. The van der Waals surface area contributed by atoms with E-state index in [1.54, 1.807) is 0 Å². The third-order valence-corrected chi connectivity index (χ3v) is 1.17. The van der Waals surface area contributed by atoms with Crippen LogP contribution in [-0.2, 0) is 14.2 Å². The summed E-state index contributed by atoms with van der Waals surface area (Å²) in [5.74, 6) is 0. The van der Waals surface area contributed by atoms with Crippen LogP contribution in [0.1, 0.15) is 20.8 Å². The van der Waals surface area contributed by atoms with Gasteiger partial charge in [-0.15, -0.1) is 0 Å². The van der Waals surface area contributed by atoms with E-state index in [1.807, 2.05) is 20.8 Å². The van der Waals surface area contributed by atoms with Crippen molar-refractivity contribution in [3.63, 3.8) is 0 Å². The molecule has 0 aromatic rings. The SMILES string of the molecule is C=COC(COC(C)C)OCC. The second kappa shape index (κ2) is 7.13. The fourth-order valence-corrected chi connectivity index (χ4v) is 0.691. The normalized spacial score (nSPS) is 13.0. The van der Waals surface area contributed by atoms with E-state index in [4.69, 9.17) is 14.2 Å². The molecule has 0 N–H and O–H groups in total. The van der Waals surface area contributed by atoms with E-state index < -0.39 is 0 Å². The minimum Gasteiger partial charge on any atom is -0.471 e. The second-order valence-electron chi connectivity index (χ2n) is 2.57. The predicted molar refractivity (Wildman–Crippen MR) is 47.8 cm³/mol. The Morgan fingerprint density at radius 2 is 2.00 bits per heavy atom. The fraction of sp³-hybridized carbons (Fsp3) is 0.778. The Hall–Kier alpha value is -0.540. The number of hydrogen-bond donors (Lipinski definition) is 0. The largest absolute Gasteiger partial charge is 0.471 e. The fourth-order valence-electron chi connectivity index (χ4n) is 0.691. The Labute approximate surface area is 74.3 Å². The lowest BCUT2D eigenvalue weighted by Gasteiger charge is -2.17. The van der Waals surface area contributed by atoms with Gasteiger partial charge in [-0.25, -0.2) is 0 Å². The lowest BCUT2D eigenvalue weighted by Crippen LogP contribution is -2.23. The molecule has 0 aromatic heterocycles. The van der Waals surface area contributed by atoms with Gasteiger partial charge in [-0.1, -0.05) is 6.58 Å².